The predicted octanol–water partition coefficient (Wildman–Crippen LogP) is 3.71. The van der Waals surface area contributed by atoms with E-state index in [-0.39, 0.29) is 5.92 Å². The van der Waals surface area contributed by atoms with Gasteiger partial charge in [-0.2, -0.15) is 0 Å². The molecule has 2 rings (SSSR count). The molecule has 1 aliphatic rings. The van der Waals surface area contributed by atoms with Gasteiger partial charge in [0.15, 0.2) is 0 Å². The number of likely N-dealkylation sites (N-methyl/N-ethyl adjacent to an activating group) is 1. The number of piperazine rings is 1. The van der Waals surface area contributed by atoms with Crippen molar-refractivity contribution in [2.45, 2.75) is 46.5 Å². The molecular weight excluding hydrogens is 284 g/mol. The Morgan fingerprint density at radius 2 is 1.48 bits per heavy atom. The minimum Gasteiger partial charge on any atom is -0.340 e. The molecule has 0 bridgehead atoms. The maximum Gasteiger partial charge on any atom is 0.230 e. The summed E-state index contributed by atoms with van der Waals surface area (Å²) in [6.07, 6.45) is 0. The van der Waals surface area contributed by atoms with E-state index in [2.05, 4.69) is 68.7 Å². The molecule has 0 spiro atoms. The number of amides is 1. The van der Waals surface area contributed by atoms with Gasteiger partial charge < -0.3 is 9.80 Å². The molecule has 0 aliphatic carbocycles. The van der Waals surface area contributed by atoms with E-state index in [0.29, 0.717) is 17.7 Å². The normalized spacial score (nSPS) is 17.8. The average Bonchev–Trinajstić information content (AvgIpc) is 2.55. The van der Waals surface area contributed by atoms with Gasteiger partial charge >= 0.3 is 0 Å². The van der Waals surface area contributed by atoms with Crippen LogP contribution in [0.25, 0.3) is 0 Å². The van der Waals surface area contributed by atoms with Crippen molar-refractivity contribution in [3.63, 3.8) is 0 Å². The lowest BCUT2D eigenvalue weighted by Gasteiger charge is -2.37. The highest BCUT2D eigenvalue weighted by molar-refractivity contribution is 5.84. The molecule has 1 amide bonds. The van der Waals surface area contributed by atoms with Gasteiger partial charge in [0.2, 0.25) is 5.91 Å². The van der Waals surface area contributed by atoms with Crippen LogP contribution in [-0.4, -0.2) is 48.4 Å². The fraction of sp³-hybridized carbons (Fsp3) is 0.650. The van der Waals surface area contributed by atoms with Gasteiger partial charge in [0, 0.05) is 26.2 Å². The summed E-state index contributed by atoms with van der Waals surface area (Å²) in [5.41, 5.74) is 2.49. The lowest BCUT2D eigenvalue weighted by atomic mass is 9.86. The first-order chi connectivity index (χ1) is 10.9. The Balaban J connectivity index is 2.13. The molecule has 1 fully saturated rings. The van der Waals surface area contributed by atoms with Crippen LogP contribution in [0.1, 0.15) is 57.6 Å². The number of hydrogen-bond acceptors (Lipinski definition) is 2. The lowest BCUT2D eigenvalue weighted by molar-refractivity contribution is -0.135. The van der Waals surface area contributed by atoms with Crippen LogP contribution >= 0.6 is 0 Å². The standard InChI is InChI=1S/C20H32N2O/c1-6-21-11-13-22(14-12-21)20(23)19(16(4)5)18-9-7-17(8-10-18)15(2)3/h7-10,15-16,19H,6,11-14H2,1-5H3. The third-order valence-electron chi connectivity index (χ3n) is 5.03. The fourth-order valence-electron chi connectivity index (χ4n) is 3.38. The Morgan fingerprint density at radius 3 is 1.91 bits per heavy atom. The SMILES string of the molecule is CCN1CCN(C(=O)C(c2ccc(C(C)C)cc2)C(C)C)CC1. The molecule has 1 aromatic rings. The van der Waals surface area contributed by atoms with E-state index in [0.717, 1.165) is 38.3 Å². The van der Waals surface area contributed by atoms with Crippen molar-refractivity contribution in [3.05, 3.63) is 35.4 Å². The predicted molar refractivity (Wildman–Crippen MR) is 96.8 cm³/mol. The van der Waals surface area contributed by atoms with Gasteiger partial charge in [-0.25, -0.2) is 0 Å². The van der Waals surface area contributed by atoms with Crippen molar-refractivity contribution in [1.29, 1.82) is 0 Å². The number of carbonyl (C=O) groups is 1. The third kappa shape index (κ3) is 4.35. The van der Waals surface area contributed by atoms with E-state index >= 15 is 0 Å². The van der Waals surface area contributed by atoms with Crippen LogP contribution in [0.4, 0.5) is 0 Å². The average molecular weight is 316 g/mol. The van der Waals surface area contributed by atoms with Crippen LogP contribution in [0, 0.1) is 5.92 Å². The fourth-order valence-corrected chi connectivity index (χ4v) is 3.38. The zero-order chi connectivity index (χ0) is 17.0. The molecule has 1 heterocycles. The molecule has 0 radical (unpaired) electrons. The first-order valence-electron chi connectivity index (χ1n) is 9.05. The van der Waals surface area contributed by atoms with Crippen LogP contribution in [0.15, 0.2) is 24.3 Å². The summed E-state index contributed by atoms with van der Waals surface area (Å²) in [5.74, 6) is 1.12. The first kappa shape index (κ1) is 18.0. The highest BCUT2D eigenvalue weighted by atomic mass is 16.2. The monoisotopic (exact) mass is 316 g/mol. The molecule has 0 aromatic heterocycles. The van der Waals surface area contributed by atoms with Gasteiger partial charge in [0.1, 0.15) is 0 Å². The molecule has 0 N–H and O–H groups in total. The first-order valence-corrected chi connectivity index (χ1v) is 9.05. The maximum atomic E-state index is 13.1. The molecule has 1 aliphatic heterocycles. The van der Waals surface area contributed by atoms with Gasteiger partial charge in [-0.05, 0) is 29.5 Å². The second-order valence-corrected chi connectivity index (χ2v) is 7.30. The lowest BCUT2D eigenvalue weighted by Crippen LogP contribution is -2.50. The van der Waals surface area contributed by atoms with Crippen molar-refractivity contribution in [1.82, 2.24) is 9.80 Å². The van der Waals surface area contributed by atoms with Crippen molar-refractivity contribution in [2.24, 2.45) is 5.92 Å². The topological polar surface area (TPSA) is 23.6 Å². The summed E-state index contributed by atoms with van der Waals surface area (Å²) in [6, 6.07) is 8.66. The van der Waals surface area contributed by atoms with Crippen LogP contribution in [0.2, 0.25) is 0 Å². The van der Waals surface area contributed by atoms with E-state index in [1.165, 1.54) is 5.56 Å². The highest BCUT2D eigenvalue weighted by Crippen LogP contribution is 2.28. The third-order valence-corrected chi connectivity index (χ3v) is 5.03. The highest BCUT2D eigenvalue weighted by Gasteiger charge is 2.30. The molecule has 1 unspecified atom stereocenters. The van der Waals surface area contributed by atoms with E-state index < -0.39 is 0 Å². The number of rotatable bonds is 5. The van der Waals surface area contributed by atoms with E-state index in [1.807, 2.05) is 0 Å². The zero-order valence-corrected chi connectivity index (χ0v) is 15.4. The van der Waals surface area contributed by atoms with Crippen molar-refractivity contribution < 1.29 is 4.79 Å². The van der Waals surface area contributed by atoms with Crippen LogP contribution in [-0.2, 0) is 4.79 Å². The second kappa shape index (κ2) is 7.96. The van der Waals surface area contributed by atoms with Crippen molar-refractivity contribution >= 4 is 5.91 Å². The summed E-state index contributed by atoms with van der Waals surface area (Å²) < 4.78 is 0. The van der Waals surface area contributed by atoms with Crippen LogP contribution in [0.5, 0.6) is 0 Å². The Bertz CT molecular complexity index is 499. The number of carbonyl (C=O) groups excluding carboxylic acids is 1. The Morgan fingerprint density at radius 1 is 0.957 bits per heavy atom. The molecular formula is C20H32N2O. The molecule has 128 valence electrons. The molecule has 0 saturated carbocycles. The second-order valence-electron chi connectivity index (χ2n) is 7.30. The minimum atomic E-state index is -0.0237. The smallest absolute Gasteiger partial charge is 0.230 e. The van der Waals surface area contributed by atoms with E-state index in [1.54, 1.807) is 0 Å². The van der Waals surface area contributed by atoms with E-state index in [9.17, 15) is 4.79 Å². The summed E-state index contributed by atoms with van der Waals surface area (Å²) in [7, 11) is 0. The summed E-state index contributed by atoms with van der Waals surface area (Å²) in [5, 5.41) is 0. The molecule has 1 saturated heterocycles. The Hall–Kier alpha value is -1.35. The molecule has 1 atom stereocenters. The summed E-state index contributed by atoms with van der Waals surface area (Å²) in [4.78, 5) is 17.5. The number of benzene rings is 1. The van der Waals surface area contributed by atoms with E-state index in [4.69, 9.17) is 0 Å². The molecule has 1 aromatic carbocycles. The van der Waals surface area contributed by atoms with Gasteiger partial charge in [-0.3, -0.25) is 4.79 Å². The van der Waals surface area contributed by atoms with Crippen molar-refractivity contribution in [3.8, 4) is 0 Å². The summed E-state index contributed by atoms with van der Waals surface area (Å²) in [6.45, 7) is 15.7. The van der Waals surface area contributed by atoms with Gasteiger partial charge in [-0.15, -0.1) is 0 Å². The summed E-state index contributed by atoms with van der Waals surface area (Å²) >= 11 is 0. The van der Waals surface area contributed by atoms with Crippen LogP contribution in [0.3, 0.4) is 0 Å². The number of nitrogens with zero attached hydrogens (tertiary/aromatic N) is 2. The zero-order valence-electron chi connectivity index (χ0n) is 15.4. The molecule has 23 heavy (non-hydrogen) atoms. The van der Waals surface area contributed by atoms with Crippen LogP contribution < -0.4 is 0 Å². The Labute approximate surface area is 141 Å². The maximum absolute atomic E-state index is 13.1. The Kier molecular flexibility index (Phi) is 6.23. The quantitative estimate of drug-likeness (QED) is 0.826. The molecule has 3 nitrogen and oxygen atoms in total. The minimum absolute atomic E-state index is 0.0237. The molecule has 3 heteroatoms. The van der Waals surface area contributed by atoms with Gasteiger partial charge in [0.25, 0.3) is 0 Å². The van der Waals surface area contributed by atoms with Gasteiger partial charge in [-0.1, -0.05) is 58.9 Å². The van der Waals surface area contributed by atoms with Gasteiger partial charge in [0.05, 0.1) is 5.92 Å². The number of hydrogen-bond donors (Lipinski definition) is 0. The van der Waals surface area contributed by atoms with Crippen molar-refractivity contribution in [2.75, 3.05) is 32.7 Å². The largest absolute Gasteiger partial charge is 0.340 e.